The van der Waals surface area contributed by atoms with E-state index in [4.69, 9.17) is 9.26 Å². The Labute approximate surface area is 119 Å². The van der Waals surface area contributed by atoms with Gasteiger partial charge in [0.15, 0.2) is 5.82 Å². The molecule has 0 N–H and O–H groups in total. The average Bonchev–Trinajstić information content (AvgIpc) is 2.74. The Bertz CT molecular complexity index is 478. The highest BCUT2D eigenvalue weighted by Crippen LogP contribution is 2.30. The zero-order valence-corrected chi connectivity index (χ0v) is 12.8. The van der Waals surface area contributed by atoms with Gasteiger partial charge in [0.1, 0.15) is 5.60 Å². The fraction of sp³-hybridized carbons (Fsp3) is 0.786. The number of carbonyl (C=O) groups excluding carboxylic acids is 1. The van der Waals surface area contributed by atoms with Crippen molar-refractivity contribution in [2.45, 2.75) is 65.0 Å². The standard InChI is InChI=1S/C14H23N3O3/c1-9-6-7-11(12-15-10(2)16-20-12)8-17(9)13(18)19-14(3,4)5/h9,11H,6-8H2,1-5H3/t9-,11-/m0/s1. The number of carbonyl (C=O) groups is 1. The predicted molar refractivity (Wildman–Crippen MR) is 73.4 cm³/mol. The Morgan fingerprint density at radius 2 is 2.10 bits per heavy atom. The number of piperidine rings is 1. The average molecular weight is 281 g/mol. The van der Waals surface area contributed by atoms with Crippen LogP contribution in [0.4, 0.5) is 4.79 Å². The normalized spacial score (nSPS) is 23.8. The van der Waals surface area contributed by atoms with Crippen LogP contribution in [0.2, 0.25) is 0 Å². The van der Waals surface area contributed by atoms with Gasteiger partial charge in [-0.25, -0.2) is 4.79 Å². The molecule has 1 fully saturated rings. The molecule has 20 heavy (non-hydrogen) atoms. The molecule has 0 saturated carbocycles. The highest BCUT2D eigenvalue weighted by Gasteiger charge is 2.34. The first kappa shape index (κ1) is 14.8. The van der Waals surface area contributed by atoms with E-state index < -0.39 is 5.60 Å². The van der Waals surface area contributed by atoms with Crippen LogP contribution in [0.1, 0.15) is 58.2 Å². The van der Waals surface area contributed by atoms with E-state index in [1.54, 1.807) is 11.8 Å². The first-order valence-electron chi connectivity index (χ1n) is 7.06. The van der Waals surface area contributed by atoms with Gasteiger partial charge < -0.3 is 14.2 Å². The maximum absolute atomic E-state index is 12.2. The fourth-order valence-corrected chi connectivity index (χ4v) is 2.36. The van der Waals surface area contributed by atoms with Crippen molar-refractivity contribution in [2.24, 2.45) is 0 Å². The number of rotatable bonds is 1. The van der Waals surface area contributed by atoms with Crippen LogP contribution in [0, 0.1) is 6.92 Å². The van der Waals surface area contributed by atoms with Crippen molar-refractivity contribution >= 4 is 6.09 Å². The summed E-state index contributed by atoms with van der Waals surface area (Å²) in [5.41, 5.74) is -0.481. The highest BCUT2D eigenvalue weighted by atomic mass is 16.6. The van der Waals surface area contributed by atoms with E-state index in [2.05, 4.69) is 10.1 Å². The van der Waals surface area contributed by atoms with Gasteiger partial charge >= 0.3 is 6.09 Å². The van der Waals surface area contributed by atoms with Crippen molar-refractivity contribution in [1.82, 2.24) is 15.0 Å². The number of hydrogen-bond acceptors (Lipinski definition) is 5. The van der Waals surface area contributed by atoms with Crippen LogP contribution in [0.25, 0.3) is 0 Å². The summed E-state index contributed by atoms with van der Waals surface area (Å²) in [6, 6.07) is 0.171. The predicted octanol–water partition coefficient (Wildman–Crippen LogP) is 2.88. The molecule has 0 aliphatic carbocycles. The largest absolute Gasteiger partial charge is 0.444 e. The summed E-state index contributed by atoms with van der Waals surface area (Å²) in [7, 11) is 0. The van der Waals surface area contributed by atoms with E-state index in [1.807, 2.05) is 27.7 Å². The number of hydrogen-bond donors (Lipinski definition) is 0. The summed E-state index contributed by atoms with van der Waals surface area (Å²) in [4.78, 5) is 18.3. The van der Waals surface area contributed by atoms with Crippen molar-refractivity contribution in [2.75, 3.05) is 6.54 Å². The van der Waals surface area contributed by atoms with Gasteiger partial charge in [0.05, 0.1) is 5.92 Å². The molecular formula is C14H23N3O3. The zero-order chi connectivity index (χ0) is 14.9. The van der Waals surface area contributed by atoms with E-state index >= 15 is 0 Å². The summed E-state index contributed by atoms with van der Waals surface area (Å²) >= 11 is 0. The summed E-state index contributed by atoms with van der Waals surface area (Å²) in [6.07, 6.45) is 1.58. The molecule has 1 aliphatic rings. The molecule has 0 bridgehead atoms. The van der Waals surface area contributed by atoms with Crippen LogP contribution < -0.4 is 0 Å². The molecular weight excluding hydrogens is 258 g/mol. The second-order valence-corrected chi connectivity index (χ2v) is 6.44. The molecule has 0 aromatic carbocycles. The van der Waals surface area contributed by atoms with Gasteiger partial charge in [-0.05, 0) is 47.5 Å². The topological polar surface area (TPSA) is 68.5 Å². The summed E-state index contributed by atoms with van der Waals surface area (Å²) in [6.45, 7) is 10.0. The minimum atomic E-state index is -0.481. The third-order valence-corrected chi connectivity index (χ3v) is 3.40. The highest BCUT2D eigenvalue weighted by molar-refractivity contribution is 5.68. The Morgan fingerprint density at radius 1 is 1.40 bits per heavy atom. The second kappa shape index (κ2) is 5.42. The fourth-order valence-electron chi connectivity index (χ4n) is 2.36. The van der Waals surface area contributed by atoms with E-state index in [9.17, 15) is 4.79 Å². The Morgan fingerprint density at radius 3 is 2.65 bits per heavy atom. The van der Waals surface area contributed by atoms with Gasteiger partial charge in [-0.3, -0.25) is 0 Å². The number of ether oxygens (including phenoxy) is 1. The summed E-state index contributed by atoms with van der Waals surface area (Å²) in [5, 5.41) is 3.82. The van der Waals surface area contributed by atoms with Crippen molar-refractivity contribution < 1.29 is 14.1 Å². The van der Waals surface area contributed by atoms with E-state index in [0.29, 0.717) is 18.3 Å². The van der Waals surface area contributed by atoms with E-state index in [-0.39, 0.29) is 18.1 Å². The maximum Gasteiger partial charge on any atom is 0.410 e. The quantitative estimate of drug-likeness (QED) is 0.791. The lowest BCUT2D eigenvalue weighted by atomic mass is 9.94. The molecule has 6 heteroatoms. The van der Waals surface area contributed by atoms with Gasteiger partial charge in [0.2, 0.25) is 5.89 Å². The molecule has 0 radical (unpaired) electrons. The first-order chi connectivity index (χ1) is 9.26. The van der Waals surface area contributed by atoms with Gasteiger partial charge in [0.25, 0.3) is 0 Å². The van der Waals surface area contributed by atoms with Crippen LogP contribution >= 0.6 is 0 Å². The molecule has 112 valence electrons. The van der Waals surface area contributed by atoms with Crippen LogP contribution in [-0.4, -0.2) is 39.3 Å². The molecule has 6 nitrogen and oxygen atoms in total. The lowest BCUT2D eigenvalue weighted by Crippen LogP contribution is -2.47. The number of nitrogens with zero attached hydrogens (tertiary/aromatic N) is 3. The molecule has 1 saturated heterocycles. The zero-order valence-electron chi connectivity index (χ0n) is 12.8. The number of amides is 1. The van der Waals surface area contributed by atoms with Crippen LogP contribution in [0.3, 0.4) is 0 Å². The van der Waals surface area contributed by atoms with Crippen molar-refractivity contribution in [3.8, 4) is 0 Å². The van der Waals surface area contributed by atoms with Crippen LogP contribution in [0.15, 0.2) is 4.52 Å². The lowest BCUT2D eigenvalue weighted by molar-refractivity contribution is 0.00846. The molecule has 1 aliphatic heterocycles. The molecule has 2 heterocycles. The Hall–Kier alpha value is -1.59. The third-order valence-electron chi connectivity index (χ3n) is 3.40. The molecule has 2 rings (SSSR count). The lowest BCUT2D eigenvalue weighted by Gasteiger charge is -2.37. The summed E-state index contributed by atoms with van der Waals surface area (Å²) < 4.78 is 10.7. The monoisotopic (exact) mass is 281 g/mol. The number of aromatic nitrogens is 2. The van der Waals surface area contributed by atoms with Gasteiger partial charge in [0, 0.05) is 12.6 Å². The third kappa shape index (κ3) is 3.49. The summed E-state index contributed by atoms with van der Waals surface area (Å²) in [5.74, 6) is 1.34. The van der Waals surface area contributed by atoms with E-state index in [1.165, 1.54) is 0 Å². The molecule has 1 amide bonds. The van der Waals surface area contributed by atoms with Gasteiger partial charge in [-0.1, -0.05) is 5.16 Å². The Kier molecular flexibility index (Phi) is 4.01. The SMILES string of the molecule is Cc1noc([C@H]2CC[C@H](C)N(C(=O)OC(C)(C)C)C2)n1. The van der Waals surface area contributed by atoms with E-state index in [0.717, 1.165) is 12.8 Å². The minimum absolute atomic E-state index is 0.0971. The minimum Gasteiger partial charge on any atom is -0.444 e. The van der Waals surface area contributed by atoms with Crippen molar-refractivity contribution in [3.63, 3.8) is 0 Å². The smallest absolute Gasteiger partial charge is 0.410 e. The van der Waals surface area contributed by atoms with Gasteiger partial charge in [-0.2, -0.15) is 4.98 Å². The molecule has 1 aromatic heterocycles. The van der Waals surface area contributed by atoms with Crippen LogP contribution in [-0.2, 0) is 4.74 Å². The second-order valence-electron chi connectivity index (χ2n) is 6.44. The number of likely N-dealkylation sites (tertiary alicyclic amines) is 1. The Balaban J connectivity index is 2.06. The van der Waals surface area contributed by atoms with Gasteiger partial charge in [-0.15, -0.1) is 0 Å². The molecule has 0 unspecified atom stereocenters. The number of aryl methyl sites for hydroxylation is 1. The van der Waals surface area contributed by atoms with Crippen molar-refractivity contribution in [3.05, 3.63) is 11.7 Å². The first-order valence-corrected chi connectivity index (χ1v) is 7.06. The maximum atomic E-state index is 12.2. The van der Waals surface area contributed by atoms with Crippen molar-refractivity contribution in [1.29, 1.82) is 0 Å². The molecule has 1 aromatic rings. The molecule has 2 atom stereocenters. The van der Waals surface area contributed by atoms with Crippen LogP contribution in [0.5, 0.6) is 0 Å². The molecule has 0 spiro atoms.